The van der Waals surface area contributed by atoms with Crippen LogP contribution in [0, 0.1) is 5.92 Å². The lowest BCUT2D eigenvalue weighted by Gasteiger charge is -2.22. The van der Waals surface area contributed by atoms with Gasteiger partial charge in [0.25, 0.3) is 5.56 Å². The van der Waals surface area contributed by atoms with Crippen LogP contribution in [0.15, 0.2) is 17.1 Å². The molecular formula is C13H16F3N3O3. The van der Waals surface area contributed by atoms with Gasteiger partial charge in [-0.15, -0.1) is 0 Å². The number of hydrogen-bond acceptors (Lipinski definition) is 3. The maximum atomic E-state index is 12.6. The van der Waals surface area contributed by atoms with Gasteiger partial charge < -0.3 is 20.4 Å². The Labute approximate surface area is 124 Å². The normalized spacial score (nSPS) is 18.8. The summed E-state index contributed by atoms with van der Waals surface area (Å²) in [6.07, 6.45) is -2.23. The maximum absolute atomic E-state index is 12.6. The highest BCUT2D eigenvalue weighted by molar-refractivity contribution is 5.89. The third-order valence-electron chi connectivity index (χ3n) is 3.28. The van der Waals surface area contributed by atoms with Gasteiger partial charge in [0.05, 0.1) is 12.2 Å². The fraction of sp³-hybridized carbons (Fsp3) is 0.538. The number of alkyl halides is 3. The van der Waals surface area contributed by atoms with Crippen molar-refractivity contribution < 1.29 is 22.7 Å². The Morgan fingerprint density at radius 2 is 2.23 bits per heavy atom. The maximum Gasteiger partial charge on any atom is 0.417 e. The van der Waals surface area contributed by atoms with Crippen molar-refractivity contribution in [2.75, 3.05) is 25.1 Å². The van der Waals surface area contributed by atoms with Crippen molar-refractivity contribution >= 4 is 11.7 Å². The average molecular weight is 319 g/mol. The quantitative estimate of drug-likeness (QED) is 0.796. The molecule has 0 saturated carbocycles. The molecule has 2 amide bonds. The zero-order valence-electron chi connectivity index (χ0n) is 11.6. The summed E-state index contributed by atoms with van der Waals surface area (Å²) in [6.45, 7) is 1.56. The molecule has 0 radical (unpaired) electrons. The Kier molecular flexibility index (Phi) is 5.07. The smallest absolute Gasteiger partial charge is 0.381 e. The first-order valence-corrected chi connectivity index (χ1v) is 6.79. The molecule has 0 bridgehead atoms. The molecule has 9 heteroatoms. The van der Waals surface area contributed by atoms with E-state index in [4.69, 9.17) is 4.74 Å². The Balaban J connectivity index is 1.94. The van der Waals surface area contributed by atoms with E-state index in [1.165, 1.54) is 0 Å². The molecule has 22 heavy (non-hydrogen) atoms. The number of aromatic nitrogens is 1. The molecule has 0 spiro atoms. The number of hydrogen-bond donors (Lipinski definition) is 3. The van der Waals surface area contributed by atoms with Crippen LogP contribution in [0.2, 0.25) is 0 Å². The summed E-state index contributed by atoms with van der Waals surface area (Å²) in [6, 6.07) is -0.127. The molecule has 2 rings (SSSR count). The molecule has 122 valence electrons. The molecule has 0 aliphatic carbocycles. The number of ether oxygens (including phenoxy) is 1. The second kappa shape index (κ2) is 6.82. The molecule has 1 saturated heterocycles. The highest BCUT2D eigenvalue weighted by atomic mass is 19.4. The zero-order chi connectivity index (χ0) is 16.2. The largest absolute Gasteiger partial charge is 0.417 e. The SMILES string of the molecule is O=C(NCC1CCCOC1)Nc1cc(C(F)(F)F)c[nH]c1=O. The van der Waals surface area contributed by atoms with Crippen molar-refractivity contribution in [3.8, 4) is 0 Å². The van der Waals surface area contributed by atoms with Gasteiger partial charge >= 0.3 is 12.2 Å². The van der Waals surface area contributed by atoms with E-state index in [-0.39, 0.29) is 5.92 Å². The van der Waals surface area contributed by atoms with Crippen LogP contribution in [0.3, 0.4) is 0 Å². The topological polar surface area (TPSA) is 83.2 Å². The van der Waals surface area contributed by atoms with E-state index in [1.54, 1.807) is 0 Å². The average Bonchev–Trinajstić information content (AvgIpc) is 2.47. The summed E-state index contributed by atoms with van der Waals surface area (Å²) in [5, 5.41) is 4.65. The van der Waals surface area contributed by atoms with Crippen molar-refractivity contribution in [1.82, 2.24) is 10.3 Å². The molecule has 1 atom stereocenters. The van der Waals surface area contributed by atoms with Gasteiger partial charge in [0.1, 0.15) is 5.69 Å². The molecule has 1 aliphatic rings. The second-order valence-electron chi connectivity index (χ2n) is 5.05. The third kappa shape index (κ3) is 4.48. The van der Waals surface area contributed by atoms with E-state index in [9.17, 15) is 22.8 Å². The molecule has 6 nitrogen and oxygen atoms in total. The molecule has 1 aromatic rings. The van der Waals surface area contributed by atoms with Crippen LogP contribution in [0.25, 0.3) is 0 Å². The first kappa shape index (κ1) is 16.3. The van der Waals surface area contributed by atoms with Crippen LogP contribution in [0.1, 0.15) is 18.4 Å². The van der Waals surface area contributed by atoms with Crippen LogP contribution in [-0.2, 0) is 10.9 Å². The fourth-order valence-corrected chi connectivity index (χ4v) is 2.11. The number of nitrogens with one attached hydrogen (secondary N) is 3. The predicted molar refractivity (Wildman–Crippen MR) is 72.6 cm³/mol. The third-order valence-corrected chi connectivity index (χ3v) is 3.28. The summed E-state index contributed by atoms with van der Waals surface area (Å²) >= 11 is 0. The minimum Gasteiger partial charge on any atom is -0.381 e. The molecule has 1 aliphatic heterocycles. The summed E-state index contributed by atoms with van der Waals surface area (Å²) in [5.41, 5.74) is -2.29. The lowest BCUT2D eigenvalue weighted by atomic mass is 10.0. The van der Waals surface area contributed by atoms with Gasteiger partial charge in [0, 0.05) is 19.3 Å². The Hall–Kier alpha value is -2.03. The van der Waals surface area contributed by atoms with Gasteiger partial charge in [-0.3, -0.25) is 4.79 Å². The minimum atomic E-state index is -4.60. The molecule has 1 aromatic heterocycles. The highest BCUT2D eigenvalue weighted by Gasteiger charge is 2.31. The zero-order valence-corrected chi connectivity index (χ0v) is 11.6. The van der Waals surface area contributed by atoms with Crippen LogP contribution < -0.4 is 16.2 Å². The minimum absolute atomic E-state index is 0.166. The number of halogens is 3. The lowest BCUT2D eigenvalue weighted by molar-refractivity contribution is -0.137. The Morgan fingerprint density at radius 1 is 1.45 bits per heavy atom. The van der Waals surface area contributed by atoms with E-state index in [1.807, 2.05) is 4.98 Å². The number of urea groups is 1. The van der Waals surface area contributed by atoms with Gasteiger partial charge in [-0.2, -0.15) is 13.2 Å². The molecule has 2 heterocycles. The Morgan fingerprint density at radius 3 is 2.86 bits per heavy atom. The van der Waals surface area contributed by atoms with Crippen LogP contribution in [0.4, 0.5) is 23.7 Å². The van der Waals surface area contributed by atoms with Gasteiger partial charge in [-0.1, -0.05) is 0 Å². The van der Waals surface area contributed by atoms with E-state index in [0.717, 1.165) is 12.8 Å². The Bertz CT molecular complexity index is 580. The number of H-pyrrole nitrogens is 1. The number of anilines is 1. The van der Waals surface area contributed by atoms with E-state index in [2.05, 4.69) is 10.6 Å². The number of amides is 2. The summed E-state index contributed by atoms with van der Waals surface area (Å²) in [4.78, 5) is 25.1. The summed E-state index contributed by atoms with van der Waals surface area (Å²) in [5.74, 6) is 0.166. The number of pyridine rings is 1. The van der Waals surface area contributed by atoms with Gasteiger partial charge in [-0.25, -0.2) is 4.79 Å². The van der Waals surface area contributed by atoms with E-state index in [0.29, 0.717) is 32.0 Å². The number of aromatic amines is 1. The first-order valence-electron chi connectivity index (χ1n) is 6.79. The van der Waals surface area contributed by atoms with Gasteiger partial charge in [0.2, 0.25) is 0 Å². The number of carbonyl (C=O) groups excluding carboxylic acids is 1. The van der Waals surface area contributed by atoms with Crippen LogP contribution >= 0.6 is 0 Å². The molecular weight excluding hydrogens is 303 g/mol. The summed E-state index contributed by atoms with van der Waals surface area (Å²) < 4.78 is 42.9. The molecule has 1 fully saturated rings. The predicted octanol–water partition coefficient (Wildman–Crippen LogP) is 1.94. The second-order valence-corrected chi connectivity index (χ2v) is 5.05. The summed E-state index contributed by atoms with van der Waals surface area (Å²) in [7, 11) is 0. The van der Waals surface area contributed by atoms with Crippen molar-refractivity contribution in [2.45, 2.75) is 19.0 Å². The van der Waals surface area contributed by atoms with Gasteiger partial charge in [-0.05, 0) is 24.8 Å². The molecule has 0 aromatic carbocycles. The van der Waals surface area contributed by atoms with E-state index < -0.39 is 29.0 Å². The van der Waals surface area contributed by atoms with Crippen molar-refractivity contribution in [1.29, 1.82) is 0 Å². The standard InChI is InChI=1S/C13H16F3N3O3/c14-13(15,16)9-4-10(11(20)17-6-9)19-12(21)18-5-8-2-1-3-22-7-8/h4,6,8H,1-3,5,7H2,(H,17,20)(H2,18,19,21). The highest BCUT2D eigenvalue weighted by Crippen LogP contribution is 2.29. The monoisotopic (exact) mass is 319 g/mol. The number of carbonyl (C=O) groups is 1. The van der Waals surface area contributed by atoms with Crippen molar-refractivity contribution in [3.05, 3.63) is 28.2 Å². The fourth-order valence-electron chi connectivity index (χ4n) is 2.11. The molecule has 3 N–H and O–H groups in total. The van der Waals surface area contributed by atoms with Gasteiger partial charge in [0.15, 0.2) is 0 Å². The first-order chi connectivity index (χ1) is 10.4. The molecule has 1 unspecified atom stereocenters. The number of rotatable bonds is 3. The van der Waals surface area contributed by atoms with E-state index >= 15 is 0 Å². The van der Waals surface area contributed by atoms with Crippen LogP contribution in [-0.4, -0.2) is 30.8 Å². The lowest BCUT2D eigenvalue weighted by Crippen LogP contribution is -2.37. The van der Waals surface area contributed by atoms with Crippen LogP contribution in [0.5, 0.6) is 0 Å². The van der Waals surface area contributed by atoms with Crippen molar-refractivity contribution in [3.63, 3.8) is 0 Å². The van der Waals surface area contributed by atoms with Crippen molar-refractivity contribution in [2.24, 2.45) is 5.92 Å².